The number of hydrogen-bond acceptors (Lipinski definition) is 3. The first-order valence-electron chi connectivity index (χ1n) is 4.84. The van der Waals surface area contributed by atoms with E-state index >= 15 is 0 Å². The van der Waals surface area contributed by atoms with E-state index in [1.54, 1.807) is 0 Å². The van der Waals surface area contributed by atoms with Crippen molar-refractivity contribution in [2.45, 2.75) is 20.4 Å². The van der Waals surface area contributed by atoms with Crippen molar-refractivity contribution in [2.75, 3.05) is 5.73 Å². The molecule has 2 rings (SSSR count). The number of hydrogen-bond donors (Lipinski definition) is 1. The lowest BCUT2D eigenvalue weighted by Crippen LogP contribution is -2.04. The Bertz CT molecular complexity index is 489. The molecule has 0 saturated heterocycles. The van der Waals surface area contributed by atoms with Gasteiger partial charge in [0.1, 0.15) is 17.8 Å². The predicted octanol–water partition coefficient (Wildman–Crippen LogP) is 2.43. The standard InChI is InChI=1S/C10H13BrN4/c1-6(2)3-15-4-7(11)8-9(12)13-5-14-10(8)15/h4-6H,3H2,1-2H3,(H2,12,13,14). The average molecular weight is 269 g/mol. The number of anilines is 1. The molecule has 2 aromatic heterocycles. The summed E-state index contributed by atoms with van der Waals surface area (Å²) >= 11 is 3.48. The Morgan fingerprint density at radius 1 is 1.47 bits per heavy atom. The number of nitrogen functional groups attached to an aromatic ring is 1. The second-order valence-corrected chi connectivity index (χ2v) is 4.84. The van der Waals surface area contributed by atoms with Crippen LogP contribution in [0.15, 0.2) is 17.0 Å². The van der Waals surface area contributed by atoms with E-state index in [0.717, 1.165) is 22.1 Å². The van der Waals surface area contributed by atoms with Crippen LogP contribution >= 0.6 is 15.9 Å². The molecule has 0 saturated carbocycles. The molecular formula is C10H13BrN4. The number of nitrogens with two attached hydrogens (primary N) is 1. The first-order valence-corrected chi connectivity index (χ1v) is 5.63. The Balaban J connectivity index is 2.63. The molecule has 5 heteroatoms. The Labute approximate surface area is 96.6 Å². The van der Waals surface area contributed by atoms with Crippen LogP contribution in [0.3, 0.4) is 0 Å². The number of halogens is 1. The molecule has 2 heterocycles. The zero-order valence-corrected chi connectivity index (χ0v) is 10.3. The number of aromatic nitrogens is 3. The highest BCUT2D eigenvalue weighted by molar-refractivity contribution is 9.10. The third kappa shape index (κ3) is 1.84. The van der Waals surface area contributed by atoms with Gasteiger partial charge in [0, 0.05) is 17.2 Å². The van der Waals surface area contributed by atoms with Crippen LogP contribution in [0.4, 0.5) is 5.82 Å². The number of fused-ring (bicyclic) bond motifs is 1. The maximum Gasteiger partial charge on any atom is 0.146 e. The van der Waals surface area contributed by atoms with Gasteiger partial charge in [-0.05, 0) is 21.8 Å². The molecule has 0 radical (unpaired) electrons. The number of rotatable bonds is 2. The quantitative estimate of drug-likeness (QED) is 0.910. The molecule has 0 aliphatic rings. The molecular weight excluding hydrogens is 256 g/mol. The van der Waals surface area contributed by atoms with Crippen molar-refractivity contribution in [1.82, 2.24) is 14.5 Å². The summed E-state index contributed by atoms with van der Waals surface area (Å²) in [7, 11) is 0. The first-order chi connectivity index (χ1) is 7.09. The molecule has 0 fully saturated rings. The molecule has 0 aliphatic heterocycles. The fraction of sp³-hybridized carbons (Fsp3) is 0.400. The SMILES string of the molecule is CC(C)Cn1cc(Br)c2c(N)ncnc21. The zero-order chi connectivity index (χ0) is 11.0. The van der Waals surface area contributed by atoms with Gasteiger partial charge in [-0.3, -0.25) is 0 Å². The minimum Gasteiger partial charge on any atom is -0.383 e. The van der Waals surface area contributed by atoms with Gasteiger partial charge in [0.15, 0.2) is 0 Å². The van der Waals surface area contributed by atoms with E-state index in [4.69, 9.17) is 5.73 Å². The van der Waals surface area contributed by atoms with Gasteiger partial charge < -0.3 is 10.3 Å². The normalized spacial score (nSPS) is 11.5. The lowest BCUT2D eigenvalue weighted by Gasteiger charge is -2.06. The van der Waals surface area contributed by atoms with Crippen LogP contribution in [-0.2, 0) is 6.54 Å². The van der Waals surface area contributed by atoms with E-state index in [1.165, 1.54) is 6.33 Å². The molecule has 0 bridgehead atoms. The summed E-state index contributed by atoms with van der Waals surface area (Å²) in [6.07, 6.45) is 3.51. The van der Waals surface area contributed by atoms with Gasteiger partial charge in [0.2, 0.25) is 0 Å². The Kier molecular flexibility index (Phi) is 2.65. The van der Waals surface area contributed by atoms with Crippen LogP contribution in [0.25, 0.3) is 11.0 Å². The van der Waals surface area contributed by atoms with E-state index in [1.807, 2.05) is 6.20 Å². The summed E-state index contributed by atoms with van der Waals surface area (Å²) in [5.41, 5.74) is 6.70. The first kappa shape index (κ1) is 10.4. The van der Waals surface area contributed by atoms with Crippen LogP contribution in [0, 0.1) is 5.92 Å². The Hall–Kier alpha value is -1.10. The molecule has 0 atom stereocenters. The fourth-order valence-corrected chi connectivity index (χ4v) is 2.26. The molecule has 0 spiro atoms. The zero-order valence-electron chi connectivity index (χ0n) is 8.74. The van der Waals surface area contributed by atoms with Crippen LogP contribution in [0.2, 0.25) is 0 Å². The topological polar surface area (TPSA) is 56.7 Å². The fourth-order valence-electron chi connectivity index (χ4n) is 1.63. The summed E-state index contributed by atoms with van der Waals surface area (Å²) in [5.74, 6) is 1.10. The van der Waals surface area contributed by atoms with Crippen molar-refractivity contribution in [3.05, 3.63) is 17.0 Å². The highest BCUT2D eigenvalue weighted by Gasteiger charge is 2.11. The van der Waals surface area contributed by atoms with Gasteiger partial charge in [-0.25, -0.2) is 9.97 Å². The lowest BCUT2D eigenvalue weighted by molar-refractivity contribution is 0.532. The molecule has 80 valence electrons. The third-order valence-corrected chi connectivity index (χ3v) is 2.80. The Morgan fingerprint density at radius 3 is 2.87 bits per heavy atom. The largest absolute Gasteiger partial charge is 0.383 e. The molecule has 0 aromatic carbocycles. The second-order valence-electron chi connectivity index (χ2n) is 3.98. The van der Waals surface area contributed by atoms with Gasteiger partial charge in [-0.15, -0.1) is 0 Å². The van der Waals surface area contributed by atoms with E-state index in [2.05, 4.69) is 44.3 Å². The van der Waals surface area contributed by atoms with Crippen molar-refractivity contribution < 1.29 is 0 Å². The van der Waals surface area contributed by atoms with Crippen LogP contribution in [-0.4, -0.2) is 14.5 Å². The van der Waals surface area contributed by atoms with Crippen LogP contribution in [0.5, 0.6) is 0 Å². The molecule has 0 unspecified atom stereocenters. The van der Waals surface area contributed by atoms with E-state index in [-0.39, 0.29) is 0 Å². The van der Waals surface area contributed by atoms with Crippen molar-refractivity contribution in [3.63, 3.8) is 0 Å². The van der Waals surface area contributed by atoms with Gasteiger partial charge in [0.25, 0.3) is 0 Å². The van der Waals surface area contributed by atoms with Gasteiger partial charge in [-0.2, -0.15) is 0 Å². The molecule has 2 N–H and O–H groups in total. The maximum atomic E-state index is 5.81. The number of nitrogens with zero attached hydrogens (tertiary/aromatic N) is 3. The van der Waals surface area contributed by atoms with Crippen LogP contribution < -0.4 is 5.73 Å². The van der Waals surface area contributed by atoms with Crippen molar-refractivity contribution in [2.24, 2.45) is 5.92 Å². The summed E-state index contributed by atoms with van der Waals surface area (Å²) in [6, 6.07) is 0. The average Bonchev–Trinajstić information content (AvgIpc) is 2.44. The molecule has 2 aromatic rings. The summed E-state index contributed by atoms with van der Waals surface area (Å²) in [6.45, 7) is 5.27. The molecule has 0 aliphatic carbocycles. The minimum absolute atomic E-state index is 0.523. The predicted molar refractivity (Wildman–Crippen MR) is 64.5 cm³/mol. The molecule has 4 nitrogen and oxygen atoms in total. The lowest BCUT2D eigenvalue weighted by atomic mass is 10.2. The van der Waals surface area contributed by atoms with E-state index in [0.29, 0.717) is 11.7 Å². The second kappa shape index (κ2) is 3.81. The summed E-state index contributed by atoms with van der Waals surface area (Å²) in [5, 5.41) is 0.901. The highest BCUT2D eigenvalue weighted by atomic mass is 79.9. The highest BCUT2D eigenvalue weighted by Crippen LogP contribution is 2.28. The summed E-state index contributed by atoms with van der Waals surface area (Å²) in [4.78, 5) is 8.24. The van der Waals surface area contributed by atoms with Crippen molar-refractivity contribution >= 4 is 32.8 Å². The van der Waals surface area contributed by atoms with E-state index < -0.39 is 0 Å². The molecule has 15 heavy (non-hydrogen) atoms. The molecule has 0 amide bonds. The van der Waals surface area contributed by atoms with Gasteiger partial charge in [-0.1, -0.05) is 13.8 Å². The minimum atomic E-state index is 0.523. The Morgan fingerprint density at radius 2 is 2.20 bits per heavy atom. The van der Waals surface area contributed by atoms with Gasteiger partial charge in [0.05, 0.1) is 5.39 Å². The van der Waals surface area contributed by atoms with Gasteiger partial charge >= 0.3 is 0 Å². The smallest absolute Gasteiger partial charge is 0.146 e. The summed E-state index contributed by atoms with van der Waals surface area (Å²) < 4.78 is 3.05. The van der Waals surface area contributed by atoms with Crippen molar-refractivity contribution in [3.8, 4) is 0 Å². The van der Waals surface area contributed by atoms with E-state index in [9.17, 15) is 0 Å². The third-order valence-electron chi connectivity index (χ3n) is 2.20. The van der Waals surface area contributed by atoms with Crippen molar-refractivity contribution in [1.29, 1.82) is 0 Å². The van der Waals surface area contributed by atoms with Crippen LogP contribution in [0.1, 0.15) is 13.8 Å². The maximum absolute atomic E-state index is 5.81. The monoisotopic (exact) mass is 268 g/mol.